The summed E-state index contributed by atoms with van der Waals surface area (Å²) >= 11 is 0. The molecule has 5 heteroatoms. The van der Waals surface area contributed by atoms with Crippen molar-refractivity contribution in [2.24, 2.45) is 0 Å². The summed E-state index contributed by atoms with van der Waals surface area (Å²) in [7, 11) is 0. The molecular weight excluding hydrogens is 528 g/mol. The molecule has 2 heterocycles. The van der Waals surface area contributed by atoms with Gasteiger partial charge < -0.3 is 10.1 Å². The van der Waals surface area contributed by atoms with Crippen LogP contribution in [0.2, 0.25) is 0 Å². The zero-order valence-corrected chi connectivity index (χ0v) is 17.9. The number of hydrogen-bond acceptors (Lipinski definition) is 4. The van der Waals surface area contributed by atoms with Crippen LogP contribution in [0.3, 0.4) is 0 Å². The average molecular weight is 548 g/mol. The van der Waals surface area contributed by atoms with E-state index in [-0.39, 0.29) is 31.6 Å². The second kappa shape index (κ2) is 9.88. The number of para-hydroxylation sites is 1. The van der Waals surface area contributed by atoms with Crippen molar-refractivity contribution >= 4 is 27.5 Å². The molecule has 28 heavy (non-hydrogen) atoms. The summed E-state index contributed by atoms with van der Waals surface area (Å²) in [6, 6.07) is 23.4. The van der Waals surface area contributed by atoms with E-state index in [1.807, 2.05) is 36.4 Å². The first-order chi connectivity index (χ1) is 13.1. The van der Waals surface area contributed by atoms with Crippen molar-refractivity contribution in [3.63, 3.8) is 0 Å². The zero-order chi connectivity index (χ0) is 19.2. The summed E-state index contributed by atoms with van der Waals surface area (Å²) in [5.74, 6) is -0.0625. The van der Waals surface area contributed by atoms with Crippen LogP contribution in [0.5, 0.6) is 0 Å². The van der Waals surface area contributed by atoms with Gasteiger partial charge in [-0.15, -0.1) is 6.07 Å². The van der Waals surface area contributed by atoms with Gasteiger partial charge in [0.1, 0.15) is 0 Å². The van der Waals surface area contributed by atoms with Crippen molar-refractivity contribution in [1.82, 2.24) is 9.97 Å². The molecule has 0 saturated heterocycles. The number of rotatable bonds is 2. The first kappa shape index (κ1) is 21.4. The second-order valence-corrected chi connectivity index (χ2v) is 6.05. The summed E-state index contributed by atoms with van der Waals surface area (Å²) in [4.78, 5) is 19.2. The molecule has 0 amide bonds. The fourth-order valence-corrected chi connectivity index (χ4v) is 2.83. The Morgan fingerprint density at radius 1 is 0.964 bits per heavy atom. The zero-order valence-electron chi connectivity index (χ0n) is 15.5. The van der Waals surface area contributed by atoms with Gasteiger partial charge in [-0.3, -0.25) is 9.78 Å². The third kappa shape index (κ3) is 5.09. The third-order valence-corrected chi connectivity index (χ3v) is 3.85. The predicted molar refractivity (Wildman–Crippen MR) is 108 cm³/mol. The molecule has 0 aliphatic heterocycles. The van der Waals surface area contributed by atoms with Crippen molar-refractivity contribution in [3.8, 4) is 11.4 Å². The molecule has 0 aliphatic rings. The van der Waals surface area contributed by atoms with Gasteiger partial charge in [-0.1, -0.05) is 42.5 Å². The van der Waals surface area contributed by atoms with Gasteiger partial charge in [0.05, 0.1) is 11.3 Å². The van der Waals surface area contributed by atoms with E-state index < -0.39 is 0 Å². The molecule has 0 saturated carbocycles. The first-order valence-corrected chi connectivity index (χ1v) is 8.54. The number of ketones is 1. The molecule has 4 nitrogen and oxygen atoms in total. The minimum absolute atomic E-state index is 0. The molecule has 0 fully saturated rings. The molecule has 1 radical (unpaired) electrons. The smallest absolute Gasteiger partial charge is 0.155 e. The topological polar surface area (TPSA) is 63.1 Å². The number of nitrogens with zero attached hydrogens (tertiary/aromatic N) is 2. The van der Waals surface area contributed by atoms with E-state index in [9.17, 15) is 4.79 Å². The van der Waals surface area contributed by atoms with Gasteiger partial charge in [-0.2, -0.15) is 12.1 Å². The maximum atomic E-state index is 10.0. The van der Waals surface area contributed by atoms with Crippen LogP contribution in [-0.2, 0) is 24.9 Å². The van der Waals surface area contributed by atoms with Crippen molar-refractivity contribution in [1.29, 1.82) is 0 Å². The quantitative estimate of drug-likeness (QED) is 0.161. The van der Waals surface area contributed by atoms with Gasteiger partial charge in [-0.25, -0.2) is 0 Å². The van der Waals surface area contributed by atoms with Crippen LogP contribution >= 0.6 is 0 Å². The van der Waals surface area contributed by atoms with Crippen molar-refractivity contribution < 1.29 is 30.0 Å². The van der Waals surface area contributed by atoms with Gasteiger partial charge in [0.2, 0.25) is 0 Å². The number of aromatic nitrogens is 2. The van der Waals surface area contributed by atoms with Gasteiger partial charge in [0, 0.05) is 31.6 Å². The van der Waals surface area contributed by atoms with Crippen LogP contribution in [0.1, 0.15) is 13.8 Å². The van der Waals surface area contributed by atoms with E-state index in [0.29, 0.717) is 0 Å². The molecule has 2 aromatic carbocycles. The number of carbonyl (C=O) groups excluding carboxylic acids is 1. The van der Waals surface area contributed by atoms with E-state index in [4.69, 9.17) is 10.1 Å². The van der Waals surface area contributed by atoms with Gasteiger partial charge >= 0.3 is 0 Å². The Labute approximate surface area is 177 Å². The molecule has 1 N–H and O–H groups in total. The molecule has 143 valence electrons. The van der Waals surface area contributed by atoms with Crippen LogP contribution in [0.4, 0.5) is 0 Å². The van der Waals surface area contributed by atoms with Crippen LogP contribution in [0.25, 0.3) is 33.1 Å². The Morgan fingerprint density at radius 2 is 1.61 bits per heavy atom. The van der Waals surface area contributed by atoms with Crippen LogP contribution < -0.4 is 0 Å². The molecule has 0 aliphatic carbocycles. The average Bonchev–Trinajstić information content (AvgIpc) is 2.67. The Hall–Kier alpha value is -2.88. The van der Waals surface area contributed by atoms with E-state index in [1.165, 1.54) is 30.7 Å². The summed E-state index contributed by atoms with van der Waals surface area (Å²) in [6.07, 6.45) is 2.94. The second-order valence-electron chi connectivity index (χ2n) is 6.05. The molecule has 0 spiro atoms. The Balaban J connectivity index is 0.000000306. The number of fused-ring (bicyclic) bond motifs is 3. The third-order valence-electron chi connectivity index (χ3n) is 3.85. The van der Waals surface area contributed by atoms with Crippen LogP contribution in [0, 0.1) is 6.07 Å². The summed E-state index contributed by atoms with van der Waals surface area (Å²) in [5.41, 5.74) is 2.66. The van der Waals surface area contributed by atoms with Crippen LogP contribution in [0.15, 0.2) is 78.7 Å². The van der Waals surface area contributed by atoms with E-state index in [1.54, 1.807) is 6.20 Å². The maximum absolute atomic E-state index is 10.0. The Bertz CT molecular complexity index is 1120. The Kier molecular flexibility index (Phi) is 7.56. The van der Waals surface area contributed by atoms with Crippen molar-refractivity contribution in [2.75, 3.05) is 0 Å². The number of carbonyl (C=O) groups is 1. The number of aliphatic hydroxyl groups is 1. The summed E-state index contributed by atoms with van der Waals surface area (Å²) in [5, 5.41) is 11.8. The summed E-state index contributed by atoms with van der Waals surface area (Å²) in [6.45, 7) is 2.85. The summed E-state index contributed by atoms with van der Waals surface area (Å²) < 4.78 is 0. The fraction of sp³-hybridized carbons (Fsp3) is 0.0870. The van der Waals surface area contributed by atoms with Gasteiger partial charge in [0.15, 0.2) is 5.78 Å². The SMILES string of the molecule is CC(=O)C=C(C)O.[Ir].[c-]1cccnc1-c1nc2ccccc2c2ccccc12. The molecule has 0 atom stereocenters. The molecule has 2 aromatic heterocycles. The number of hydrogen-bond donors (Lipinski definition) is 1. The van der Waals surface area contributed by atoms with Crippen molar-refractivity contribution in [3.05, 3.63) is 84.8 Å². The number of benzene rings is 2. The number of allylic oxidation sites excluding steroid dienone is 2. The molecule has 0 unspecified atom stereocenters. The monoisotopic (exact) mass is 548 g/mol. The van der Waals surface area contributed by atoms with E-state index in [0.717, 1.165) is 22.3 Å². The largest absolute Gasteiger partial charge is 0.512 e. The number of aliphatic hydroxyl groups excluding tert-OH is 1. The Morgan fingerprint density at radius 3 is 2.18 bits per heavy atom. The number of pyridine rings is 2. The molecule has 4 rings (SSSR count). The van der Waals surface area contributed by atoms with E-state index in [2.05, 4.69) is 35.3 Å². The normalized spacial score (nSPS) is 10.7. The van der Waals surface area contributed by atoms with Gasteiger partial charge in [0.25, 0.3) is 0 Å². The van der Waals surface area contributed by atoms with Crippen LogP contribution in [-0.4, -0.2) is 20.9 Å². The molecule has 0 bridgehead atoms. The maximum Gasteiger partial charge on any atom is 0.155 e. The van der Waals surface area contributed by atoms with E-state index >= 15 is 0 Å². The fourth-order valence-electron chi connectivity index (χ4n) is 2.83. The minimum atomic E-state index is -0.125. The standard InChI is InChI=1S/C18H11N2.C5H8O2.Ir/c1-2-9-15-13(7-1)14-8-3-4-10-16(14)20-18(15)17-11-5-6-12-19-17;1-4(6)3-5(2)7;/h1-10,12H;3,6H,1-2H3;/q-1;;. The molecule has 4 aromatic rings. The molecular formula is C23H19IrN2O2-. The first-order valence-electron chi connectivity index (χ1n) is 8.54. The minimum Gasteiger partial charge on any atom is -0.512 e. The van der Waals surface area contributed by atoms with Gasteiger partial charge in [-0.05, 0) is 48.3 Å². The predicted octanol–water partition coefficient (Wildman–Crippen LogP) is 5.28. The van der Waals surface area contributed by atoms with Crippen molar-refractivity contribution in [2.45, 2.75) is 13.8 Å².